The summed E-state index contributed by atoms with van der Waals surface area (Å²) in [4.78, 5) is 0. The molecule has 0 saturated heterocycles. The van der Waals surface area contributed by atoms with E-state index in [0.717, 1.165) is 11.6 Å². The maximum atomic E-state index is 13.0. The molecule has 0 unspecified atom stereocenters. The van der Waals surface area contributed by atoms with Crippen molar-refractivity contribution in [2.24, 2.45) is 0 Å². The van der Waals surface area contributed by atoms with Gasteiger partial charge >= 0.3 is 0 Å². The van der Waals surface area contributed by atoms with Gasteiger partial charge in [-0.15, -0.1) is 0 Å². The average Bonchev–Trinajstić information content (AvgIpc) is 2.35. The minimum atomic E-state index is -0.628. The van der Waals surface area contributed by atoms with Crippen molar-refractivity contribution < 1.29 is 18.6 Å². The fourth-order valence-electron chi connectivity index (χ4n) is 1.73. The van der Waals surface area contributed by atoms with E-state index in [9.17, 15) is 13.9 Å². The third-order valence-electron chi connectivity index (χ3n) is 2.67. The van der Waals surface area contributed by atoms with Crippen molar-refractivity contribution in [3.8, 4) is 5.75 Å². The number of benzene rings is 2. The van der Waals surface area contributed by atoms with Crippen molar-refractivity contribution in [3.05, 3.63) is 65.2 Å². The van der Waals surface area contributed by atoms with Crippen LogP contribution >= 0.6 is 0 Å². The third kappa shape index (κ3) is 3.76. The maximum Gasteiger partial charge on any atom is 0.126 e. The minimum absolute atomic E-state index is 0.0674. The van der Waals surface area contributed by atoms with Gasteiger partial charge in [0, 0.05) is 6.07 Å². The summed E-state index contributed by atoms with van der Waals surface area (Å²) in [5.74, 6) is -0.712. The van der Waals surface area contributed by atoms with E-state index < -0.39 is 17.7 Å². The summed E-state index contributed by atoms with van der Waals surface area (Å²) < 4.78 is 31.4. The highest BCUT2D eigenvalue weighted by molar-refractivity contribution is 5.30. The second-order valence-corrected chi connectivity index (χ2v) is 4.31. The number of hydrogen-bond donors (Lipinski definition) is 1. The van der Waals surface area contributed by atoms with Gasteiger partial charge in [0.25, 0.3) is 0 Å². The first kappa shape index (κ1) is 13.5. The quantitative estimate of drug-likeness (QED) is 0.914. The Bertz CT molecular complexity index is 548. The van der Waals surface area contributed by atoms with Gasteiger partial charge in [0.15, 0.2) is 0 Å². The summed E-state index contributed by atoms with van der Waals surface area (Å²) in [6, 6.07) is 10.2. The molecule has 0 aliphatic heterocycles. The molecule has 19 heavy (non-hydrogen) atoms. The predicted molar refractivity (Wildman–Crippen MR) is 67.8 cm³/mol. The number of halogens is 2. The molecule has 2 nitrogen and oxygen atoms in total. The van der Waals surface area contributed by atoms with Crippen molar-refractivity contribution in [2.45, 2.75) is 19.6 Å². The first-order valence-corrected chi connectivity index (χ1v) is 5.90. The molecule has 0 fully saturated rings. The standard InChI is InChI=1S/C15H14F2O2/c1-10(18)12-3-2-4-15(7-12)19-9-11-5-13(16)8-14(17)6-11/h2-8,10,18H,9H2,1H3/t10-/m1/s1. The third-order valence-corrected chi connectivity index (χ3v) is 2.67. The Morgan fingerprint density at radius 1 is 1.11 bits per heavy atom. The van der Waals surface area contributed by atoms with E-state index in [1.807, 2.05) is 0 Å². The van der Waals surface area contributed by atoms with Crippen molar-refractivity contribution in [3.63, 3.8) is 0 Å². The Morgan fingerprint density at radius 2 is 1.79 bits per heavy atom. The van der Waals surface area contributed by atoms with E-state index in [4.69, 9.17) is 4.74 Å². The van der Waals surface area contributed by atoms with Crippen LogP contribution in [0.4, 0.5) is 8.78 Å². The zero-order chi connectivity index (χ0) is 13.8. The van der Waals surface area contributed by atoms with Crippen molar-refractivity contribution in [1.82, 2.24) is 0 Å². The van der Waals surface area contributed by atoms with Crippen LogP contribution in [-0.2, 0) is 6.61 Å². The lowest BCUT2D eigenvalue weighted by molar-refractivity contribution is 0.198. The normalized spacial score (nSPS) is 12.2. The molecule has 1 atom stereocenters. The van der Waals surface area contributed by atoms with E-state index in [1.54, 1.807) is 31.2 Å². The fourth-order valence-corrected chi connectivity index (χ4v) is 1.73. The summed E-state index contributed by atoms with van der Waals surface area (Å²) in [5.41, 5.74) is 1.14. The van der Waals surface area contributed by atoms with Crippen LogP contribution in [0.1, 0.15) is 24.2 Å². The molecule has 4 heteroatoms. The van der Waals surface area contributed by atoms with Crippen LogP contribution in [0.15, 0.2) is 42.5 Å². The van der Waals surface area contributed by atoms with Gasteiger partial charge in [-0.05, 0) is 42.3 Å². The van der Waals surface area contributed by atoms with Gasteiger partial charge in [-0.25, -0.2) is 8.78 Å². The number of aliphatic hydroxyl groups is 1. The molecule has 0 saturated carbocycles. The average molecular weight is 264 g/mol. The van der Waals surface area contributed by atoms with Crippen LogP contribution in [0.2, 0.25) is 0 Å². The fraction of sp³-hybridized carbons (Fsp3) is 0.200. The Hall–Kier alpha value is -1.94. The van der Waals surface area contributed by atoms with Crippen molar-refractivity contribution in [2.75, 3.05) is 0 Å². The van der Waals surface area contributed by atoms with E-state index in [-0.39, 0.29) is 6.61 Å². The monoisotopic (exact) mass is 264 g/mol. The van der Waals surface area contributed by atoms with E-state index in [1.165, 1.54) is 12.1 Å². The molecule has 0 aliphatic carbocycles. The van der Waals surface area contributed by atoms with Crippen LogP contribution in [0.3, 0.4) is 0 Å². The molecule has 0 amide bonds. The molecular weight excluding hydrogens is 250 g/mol. The highest BCUT2D eigenvalue weighted by atomic mass is 19.1. The Labute approximate surface area is 110 Å². The van der Waals surface area contributed by atoms with E-state index in [2.05, 4.69) is 0 Å². The van der Waals surface area contributed by atoms with Gasteiger partial charge in [-0.1, -0.05) is 12.1 Å². The summed E-state index contributed by atoms with van der Waals surface area (Å²) in [6.45, 7) is 1.72. The van der Waals surface area contributed by atoms with Crippen molar-refractivity contribution in [1.29, 1.82) is 0 Å². The molecule has 2 aromatic rings. The lowest BCUT2D eigenvalue weighted by Crippen LogP contribution is -1.98. The Morgan fingerprint density at radius 3 is 2.42 bits per heavy atom. The Balaban J connectivity index is 2.07. The molecule has 100 valence electrons. The van der Waals surface area contributed by atoms with Crippen LogP contribution in [0.25, 0.3) is 0 Å². The second-order valence-electron chi connectivity index (χ2n) is 4.31. The van der Waals surface area contributed by atoms with Gasteiger partial charge in [0.05, 0.1) is 6.10 Å². The van der Waals surface area contributed by atoms with Gasteiger partial charge in [-0.3, -0.25) is 0 Å². The number of rotatable bonds is 4. The molecule has 0 spiro atoms. The molecule has 0 bridgehead atoms. The van der Waals surface area contributed by atoms with Crippen LogP contribution in [-0.4, -0.2) is 5.11 Å². The van der Waals surface area contributed by atoms with Crippen LogP contribution < -0.4 is 4.74 Å². The lowest BCUT2D eigenvalue weighted by Gasteiger charge is -2.09. The summed E-state index contributed by atoms with van der Waals surface area (Å²) in [6.07, 6.45) is -0.588. The molecule has 0 aromatic heterocycles. The van der Waals surface area contributed by atoms with Gasteiger partial charge in [0.1, 0.15) is 24.0 Å². The zero-order valence-corrected chi connectivity index (χ0v) is 10.4. The zero-order valence-electron chi connectivity index (χ0n) is 10.4. The topological polar surface area (TPSA) is 29.5 Å². The molecule has 0 aliphatic rings. The molecular formula is C15H14F2O2. The van der Waals surface area contributed by atoms with Crippen molar-refractivity contribution >= 4 is 0 Å². The van der Waals surface area contributed by atoms with Gasteiger partial charge in [-0.2, -0.15) is 0 Å². The Kier molecular flexibility index (Phi) is 4.12. The molecule has 2 rings (SSSR count). The van der Waals surface area contributed by atoms with Crippen LogP contribution in [0, 0.1) is 11.6 Å². The first-order valence-electron chi connectivity index (χ1n) is 5.90. The molecule has 0 heterocycles. The molecule has 2 aromatic carbocycles. The SMILES string of the molecule is C[C@@H](O)c1cccc(OCc2cc(F)cc(F)c2)c1. The van der Waals surface area contributed by atoms with E-state index in [0.29, 0.717) is 11.3 Å². The predicted octanol–water partition coefficient (Wildman–Crippen LogP) is 3.60. The highest BCUT2D eigenvalue weighted by Gasteiger charge is 2.04. The maximum absolute atomic E-state index is 13.0. The summed E-state index contributed by atoms with van der Waals surface area (Å²) in [7, 11) is 0. The number of hydrogen-bond acceptors (Lipinski definition) is 2. The summed E-state index contributed by atoms with van der Waals surface area (Å²) >= 11 is 0. The lowest BCUT2D eigenvalue weighted by atomic mass is 10.1. The minimum Gasteiger partial charge on any atom is -0.489 e. The van der Waals surface area contributed by atoms with Gasteiger partial charge < -0.3 is 9.84 Å². The van der Waals surface area contributed by atoms with E-state index >= 15 is 0 Å². The number of aliphatic hydroxyl groups excluding tert-OH is 1. The first-order chi connectivity index (χ1) is 9.04. The van der Waals surface area contributed by atoms with Gasteiger partial charge in [0.2, 0.25) is 0 Å². The highest BCUT2D eigenvalue weighted by Crippen LogP contribution is 2.20. The summed E-state index contributed by atoms with van der Waals surface area (Å²) in [5, 5.41) is 9.45. The smallest absolute Gasteiger partial charge is 0.126 e. The van der Waals surface area contributed by atoms with Crippen LogP contribution in [0.5, 0.6) is 5.75 Å². The molecule has 1 N–H and O–H groups in total. The second kappa shape index (κ2) is 5.80. The number of ether oxygens (including phenoxy) is 1. The largest absolute Gasteiger partial charge is 0.489 e. The molecule has 0 radical (unpaired) electrons.